The predicted octanol–water partition coefficient (Wildman–Crippen LogP) is 5.19. The van der Waals surface area contributed by atoms with Crippen LogP contribution in [0.3, 0.4) is 0 Å². The van der Waals surface area contributed by atoms with E-state index in [0.29, 0.717) is 0 Å². The van der Waals surface area contributed by atoms with Crippen LogP contribution in [0.2, 0.25) is 0 Å². The van der Waals surface area contributed by atoms with Gasteiger partial charge >= 0.3 is 0 Å². The lowest BCUT2D eigenvalue weighted by Crippen LogP contribution is -2.17. The van der Waals surface area contributed by atoms with Crippen molar-refractivity contribution < 1.29 is 0 Å². The second kappa shape index (κ2) is 7.49. The minimum atomic E-state index is 0.0665. The fraction of sp³-hybridized carbons (Fsp3) is 0.364. The van der Waals surface area contributed by atoms with Gasteiger partial charge in [0.2, 0.25) is 0 Å². The van der Waals surface area contributed by atoms with Crippen LogP contribution in [0.5, 0.6) is 0 Å². The van der Waals surface area contributed by atoms with Gasteiger partial charge < -0.3 is 0 Å². The lowest BCUT2D eigenvalue weighted by molar-refractivity contribution is 0.365. The molecule has 0 atom stereocenters. The predicted molar refractivity (Wildman–Crippen MR) is 101 cm³/mol. The summed E-state index contributed by atoms with van der Waals surface area (Å²) in [6.45, 7) is 10.4. The lowest BCUT2D eigenvalue weighted by atomic mass is 9.98. The number of hydrogen-bond donors (Lipinski definition) is 0. The van der Waals surface area contributed by atoms with Crippen LogP contribution in [-0.4, -0.2) is 18.5 Å². The average molecular weight is 305 g/mol. The van der Waals surface area contributed by atoms with E-state index in [2.05, 4.69) is 94.0 Å². The highest BCUT2D eigenvalue weighted by Crippen LogP contribution is 2.21. The van der Waals surface area contributed by atoms with Crippen LogP contribution < -0.4 is 0 Å². The highest BCUT2D eigenvalue weighted by Gasteiger charge is 2.04. The molecule has 0 amide bonds. The van der Waals surface area contributed by atoms with Gasteiger partial charge in [-0.2, -0.15) is 0 Å². The van der Waals surface area contributed by atoms with Crippen LogP contribution in [-0.2, 0) is 6.54 Å². The SMILES string of the molecule is Cc1ccc2cccc(CN(C)C/C=C/C#CC(C)(C)C)c2c1. The third-order valence-corrected chi connectivity index (χ3v) is 3.63. The van der Waals surface area contributed by atoms with E-state index in [0.717, 1.165) is 13.1 Å². The molecule has 0 aliphatic heterocycles. The molecule has 0 unspecified atom stereocenters. The summed E-state index contributed by atoms with van der Waals surface area (Å²) in [6.07, 6.45) is 4.10. The third-order valence-electron chi connectivity index (χ3n) is 3.63. The molecular weight excluding hydrogens is 278 g/mol. The monoisotopic (exact) mass is 305 g/mol. The van der Waals surface area contributed by atoms with Crippen LogP contribution >= 0.6 is 0 Å². The van der Waals surface area contributed by atoms with Crippen LogP contribution in [0.4, 0.5) is 0 Å². The summed E-state index contributed by atoms with van der Waals surface area (Å²) < 4.78 is 0. The van der Waals surface area contributed by atoms with Gasteiger partial charge in [0.25, 0.3) is 0 Å². The van der Waals surface area contributed by atoms with Crippen molar-refractivity contribution in [2.45, 2.75) is 34.2 Å². The molecule has 0 aromatic heterocycles. The van der Waals surface area contributed by atoms with Crippen molar-refractivity contribution in [2.75, 3.05) is 13.6 Å². The molecule has 0 radical (unpaired) electrons. The first-order valence-electron chi connectivity index (χ1n) is 8.20. The zero-order valence-corrected chi connectivity index (χ0v) is 15.0. The Kier molecular flexibility index (Phi) is 5.64. The summed E-state index contributed by atoms with van der Waals surface area (Å²) in [4.78, 5) is 2.31. The molecule has 0 bridgehead atoms. The smallest absolute Gasteiger partial charge is 0.0240 e. The van der Waals surface area contributed by atoms with Crippen LogP contribution in [0.1, 0.15) is 31.9 Å². The van der Waals surface area contributed by atoms with Gasteiger partial charge in [-0.05, 0) is 57.2 Å². The second-order valence-corrected chi connectivity index (χ2v) is 7.26. The highest BCUT2D eigenvalue weighted by atomic mass is 15.1. The van der Waals surface area contributed by atoms with Gasteiger partial charge in [0.1, 0.15) is 0 Å². The Morgan fingerprint density at radius 2 is 1.91 bits per heavy atom. The van der Waals surface area contributed by atoms with Gasteiger partial charge in [-0.25, -0.2) is 0 Å². The Morgan fingerprint density at radius 3 is 2.65 bits per heavy atom. The lowest BCUT2D eigenvalue weighted by Gasteiger charge is -2.16. The quantitative estimate of drug-likeness (QED) is 0.703. The van der Waals surface area contributed by atoms with E-state index >= 15 is 0 Å². The van der Waals surface area contributed by atoms with Gasteiger partial charge in [-0.3, -0.25) is 4.90 Å². The Labute approximate surface area is 141 Å². The molecule has 0 fully saturated rings. The number of likely N-dealkylation sites (N-methyl/N-ethyl adjacent to an activating group) is 1. The van der Waals surface area contributed by atoms with E-state index in [9.17, 15) is 0 Å². The Bertz CT molecular complexity index is 751. The summed E-state index contributed by atoms with van der Waals surface area (Å²) in [5, 5.41) is 2.67. The fourth-order valence-corrected chi connectivity index (χ4v) is 2.49. The van der Waals surface area contributed by atoms with Crippen molar-refractivity contribution in [1.29, 1.82) is 0 Å². The van der Waals surface area contributed by atoms with Gasteiger partial charge in [-0.15, -0.1) is 0 Å². The Morgan fingerprint density at radius 1 is 1.13 bits per heavy atom. The summed E-state index contributed by atoms with van der Waals surface area (Å²) >= 11 is 0. The van der Waals surface area contributed by atoms with Crippen LogP contribution in [0.15, 0.2) is 48.6 Å². The maximum atomic E-state index is 3.22. The van der Waals surface area contributed by atoms with E-state index in [1.165, 1.54) is 21.9 Å². The van der Waals surface area contributed by atoms with Crippen molar-refractivity contribution in [2.24, 2.45) is 5.41 Å². The number of benzene rings is 2. The number of fused-ring (bicyclic) bond motifs is 1. The van der Waals surface area contributed by atoms with Gasteiger partial charge in [0.15, 0.2) is 0 Å². The molecule has 2 rings (SSSR count). The van der Waals surface area contributed by atoms with Crippen molar-refractivity contribution in [3.05, 3.63) is 59.7 Å². The number of aryl methyl sites for hydroxylation is 1. The highest BCUT2D eigenvalue weighted by molar-refractivity contribution is 5.86. The first kappa shape index (κ1) is 17.3. The molecular formula is C22H27N. The van der Waals surface area contributed by atoms with Gasteiger partial charge in [0, 0.05) is 18.5 Å². The molecule has 0 saturated carbocycles. The topological polar surface area (TPSA) is 3.24 Å². The maximum absolute atomic E-state index is 3.22. The molecule has 0 N–H and O–H groups in total. The van der Waals surface area contributed by atoms with Crippen molar-refractivity contribution in [3.63, 3.8) is 0 Å². The largest absolute Gasteiger partial charge is 0.298 e. The molecule has 0 heterocycles. The molecule has 0 spiro atoms. The summed E-state index contributed by atoms with van der Waals surface area (Å²) in [5.74, 6) is 6.34. The Balaban J connectivity index is 2.03. The maximum Gasteiger partial charge on any atom is 0.0240 e. The molecule has 0 saturated heterocycles. The summed E-state index contributed by atoms with van der Waals surface area (Å²) in [6, 6.07) is 13.2. The van der Waals surface area contributed by atoms with E-state index in [1.807, 2.05) is 6.08 Å². The standard InChI is InChI=1S/C22H27N/c1-18-12-13-19-10-9-11-20(21(19)16-18)17-23(5)15-8-6-7-14-22(2,3)4/h6,8-13,16H,15,17H2,1-5H3/b8-6+. The molecule has 120 valence electrons. The average Bonchev–Trinajstić information content (AvgIpc) is 2.46. The van der Waals surface area contributed by atoms with Crippen molar-refractivity contribution >= 4 is 10.8 Å². The minimum absolute atomic E-state index is 0.0665. The molecule has 1 heteroatoms. The van der Waals surface area contributed by atoms with E-state index in [4.69, 9.17) is 0 Å². The molecule has 2 aromatic rings. The zero-order chi connectivity index (χ0) is 16.9. The van der Waals surface area contributed by atoms with Gasteiger partial charge in [-0.1, -0.05) is 59.9 Å². The third kappa shape index (κ3) is 5.58. The first-order valence-corrected chi connectivity index (χ1v) is 8.20. The van der Waals surface area contributed by atoms with Gasteiger partial charge in [0.05, 0.1) is 0 Å². The first-order chi connectivity index (χ1) is 10.8. The zero-order valence-electron chi connectivity index (χ0n) is 15.0. The number of nitrogens with zero attached hydrogens (tertiary/aromatic N) is 1. The molecule has 1 nitrogen and oxygen atoms in total. The normalized spacial score (nSPS) is 11.9. The minimum Gasteiger partial charge on any atom is -0.298 e. The molecule has 2 aromatic carbocycles. The number of hydrogen-bond acceptors (Lipinski definition) is 1. The molecule has 0 aliphatic rings. The number of rotatable bonds is 4. The number of allylic oxidation sites excluding steroid dienone is 1. The van der Waals surface area contributed by atoms with E-state index in [1.54, 1.807) is 0 Å². The second-order valence-electron chi connectivity index (χ2n) is 7.26. The Hall–Kier alpha value is -2.04. The fourth-order valence-electron chi connectivity index (χ4n) is 2.49. The van der Waals surface area contributed by atoms with Crippen LogP contribution in [0, 0.1) is 24.2 Å². The van der Waals surface area contributed by atoms with E-state index in [-0.39, 0.29) is 5.41 Å². The molecule has 0 aliphatic carbocycles. The van der Waals surface area contributed by atoms with Crippen molar-refractivity contribution in [1.82, 2.24) is 4.90 Å². The van der Waals surface area contributed by atoms with E-state index < -0.39 is 0 Å². The summed E-state index contributed by atoms with van der Waals surface area (Å²) in [5.41, 5.74) is 2.75. The summed E-state index contributed by atoms with van der Waals surface area (Å²) in [7, 11) is 2.15. The molecule has 23 heavy (non-hydrogen) atoms. The van der Waals surface area contributed by atoms with Crippen LogP contribution in [0.25, 0.3) is 10.8 Å². The van der Waals surface area contributed by atoms with Crippen molar-refractivity contribution in [3.8, 4) is 11.8 Å².